The molecule has 19 heavy (non-hydrogen) atoms. The number of hydrogen-bond donors (Lipinski definition) is 2. The lowest BCUT2D eigenvalue weighted by Gasteiger charge is -2.28. The molecular formula is C16H27NO2. The van der Waals surface area contributed by atoms with Crippen molar-refractivity contribution in [3.63, 3.8) is 0 Å². The maximum absolute atomic E-state index is 9.45. The molecule has 0 spiro atoms. The number of ether oxygens (including phenoxy) is 1. The fourth-order valence-electron chi connectivity index (χ4n) is 1.99. The number of aliphatic hydroxyl groups is 1. The molecule has 2 unspecified atom stereocenters. The van der Waals surface area contributed by atoms with Crippen LogP contribution < -0.4 is 10.1 Å². The third-order valence-electron chi connectivity index (χ3n) is 3.92. The van der Waals surface area contributed by atoms with Crippen molar-refractivity contribution in [1.29, 1.82) is 0 Å². The van der Waals surface area contributed by atoms with Gasteiger partial charge in [0.05, 0.1) is 7.11 Å². The van der Waals surface area contributed by atoms with Crippen molar-refractivity contribution in [3.05, 3.63) is 29.3 Å². The van der Waals surface area contributed by atoms with E-state index >= 15 is 0 Å². The summed E-state index contributed by atoms with van der Waals surface area (Å²) in [7, 11) is 1.70. The van der Waals surface area contributed by atoms with E-state index in [1.165, 1.54) is 11.1 Å². The fourth-order valence-corrected chi connectivity index (χ4v) is 1.99. The maximum atomic E-state index is 9.45. The van der Waals surface area contributed by atoms with Gasteiger partial charge in [-0.15, -0.1) is 0 Å². The molecule has 0 heterocycles. The normalized spacial score (nSPS) is 15.9. The molecule has 1 aromatic rings. The second-order valence-corrected chi connectivity index (χ2v) is 5.67. The summed E-state index contributed by atoms with van der Waals surface area (Å²) in [5.74, 6) is 0.910. The molecule has 0 fully saturated rings. The Kier molecular flexibility index (Phi) is 5.83. The summed E-state index contributed by atoms with van der Waals surface area (Å²) >= 11 is 0. The molecule has 0 aromatic heterocycles. The standard InChI is InChI=1S/C16H27NO2/c1-6-16(4,11-18)10-17-13(3)14-9-12(2)7-8-15(14)19-5/h7-9,13,17-18H,6,10-11H2,1-5H3. The lowest BCUT2D eigenvalue weighted by molar-refractivity contribution is 0.132. The number of hydrogen-bond acceptors (Lipinski definition) is 3. The van der Waals surface area contributed by atoms with E-state index in [1.54, 1.807) is 7.11 Å². The highest BCUT2D eigenvalue weighted by Crippen LogP contribution is 2.27. The molecule has 0 aliphatic rings. The van der Waals surface area contributed by atoms with Crippen LogP contribution in [0.25, 0.3) is 0 Å². The molecule has 2 N–H and O–H groups in total. The van der Waals surface area contributed by atoms with Gasteiger partial charge in [0.2, 0.25) is 0 Å². The van der Waals surface area contributed by atoms with Crippen LogP contribution in [0.15, 0.2) is 18.2 Å². The predicted molar refractivity (Wildman–Crippen MR) is 79.6 cm³/mol. The number of aliphatic hydroxyl groups excluding tert-OH is 1. The third-order valence-corrected chi connectivity index (χ3v) is 3.92. The largest absolute Gasteiger partial charge is 0.496 e. The van der Waals surface area contributed by atoms with E-state index in [0.717, 1.165) is 18.7 Å². The summed E-state index contributed by atoms with van der Waals surface area (Å²) in [6, 6.07) is 6.42. The molecule has 0 bridgehead atoms. The Labute approximate surface area is 117 Å². The molecule has 108 valence electrons. The Morgan fingerprint density at radius 1 is 1.42 bits per heavy atom. The number of rotatable bonds is 7. The molecule has 2 atom stereocenters. The molecule has 1 aromatic carbocycles. The van der Waals surface area contributed by atoms with Gasteiger partial charge in [0.25, 0.3) is 0 Å². The quantitative estimate of drug-likeness (QED) is 0.796. The van der Waals surface area contributed by atoms with E-state index in [4.69, 9.17) is 4.74 Å². The minimum Gasteiger partial charge on any atom is -0.496 e. The first-order valence-corrected chi connectivity index (χ1v) is 6.94. The summed E-state index contributed by atoms with van der Waals surface area (Å²) in [5.41, 5.74) is 2.33. The Morgan fingerprint density at radius 2 is 2.11 bits per heavy atom. The fraction of sp³-hybridized carbons (Fsp3) is 0.625. The zero-order valence-electron chi connectivity index (χ0n) is 12.8. The summed E-state index contributed by atoms with van der Waals surface area (Å²) < 4.78 is 5.42. The molecule has 0 aliphatic carbocycles. The molecule has 0 radical (unpaired) electrons. The van der Waals surface area contributed by atoms with Crippen molar-refractivity contribution in [1.82, 2.24) is 5.32 Å². The zero-order chi connectivity index (χ0) is 14.5. The highest BCUT2D eigenvalue weighted by Gasteiger charge is 2.22. The molecule has 0 aliphatic heterocycles. The molecule has 1 rings (SSSR count). The smallest absolute Gasteiger partial charge is 0.123 e. The van der Waals surface area contributed by atoms with Crippen LogP contribution in [-0.4, -0.2) is 25.4 Å². The minimum atomic E-state index is -0.0642. The van der Waals surface area contributed by atoms with Crippen LogP contribution in [0.1, 0.15) is 44.4 Å². The SMILES string of the molecule is CCC(C)(CO)CNC(C)c1cc(C)ccc1OC. The van der Waals surface area contributed by atoms with Crippen LogP contribution in [0.3, 0.4) is 0 Å². The number of nitrogens with one attached hydrogen (secondary N) is 1. The van der Waals surface area contributed by atoms with Gasteiger partial charge in [0.1, 0.15) is 5.75 Å². The van der Waals surface area contributed by atoms with Gasteiger partial charge in [-0.3, -0.25) is 0 Å². The Morgan fingerprint density at radius 3 is 2.63 bits per heavy atom. The zero-order valence-corrected chi connectivity index (χ0v) is 12.8. The van der Waals surface area contributed by atoms with Crippen LogP contribution >= 0.6 is 0 Å². The molecule has 3 nitrogen and oxygen atoms in total. The number of methoxy groups -OCH3 is 1. The van der Waals surface area contributed by atoms with Crippen molar-refractivity contribution in [2.24, 2.45) is 5.41 Å². The van der Waals surface area contributed by atoms with Crippen LogP contribution in [0.5, 0.6) is 5.75 Å². The van der Waals surface area contributed by atoms with Crippen LogP contribution in [0, 0.1) is 12.3 Å². The second-order valence-electron chi connectivity index (χ2n) is 5.67. The first-order valence-electron chi connectivity index (χ1n) is 6.94. The van der Waals surface area contributed by atoms with Crippen molar-refractivity contribution in [2.45, 2.75) is 40.2 Å². The molecule has 3 heteroatoms. The first-order chi connectivity index (χ1) is 8.95. The summed E-state index contributed by atoms with van der Waals surface area (Å²) in [6.45, 7) is 9.41. The van der Waals surface area contributed by atoms with Gasteiger partial charge in [-0.25, -0.2) is 0 Å². The predicted octanol–water partition coefficient (Wildman–Crippen LogP) is 3.06. The summed E-state index contributed by atoms with van der Waals surface area (Å²) in [6.07, 6.45) is 0.953. The van der Waals surface area contributed by atoms with Gasteiger partial charge in [-0.2, -0.15) is 0 Å². The monoisotopic (exact) mass is 265 g/mol. The summed E-state index contributed by atoms with van der Waals surface area (Å²) in [5, 5.41) is 13.0. The second kappa shape index (κ2) is 6.92. The average Bonchev–Trinajstić information content (AvgIpc) is 2.44. The Balaban J connectivity index is 2.78. The average molecular weight is 265 g/mol. The van der Waals surface area contributed by atoms with Crippen molar-refractivity contribution >= 4 is 0 Å². The van der Waals surface area contributed by atoms with Gasteiger partial charge in [-0.1, -0.05) is 31.5 Å². The van der Waals surface area contributed by atoms with Crippen molar-refractivity contribution in [2.75, 3.05) is 20.3 Å². The third kappa shape index (κ3) is 4.22. The van der Waals surface area contributed by atoms with E-state index < -0.39 is 0 Å². The highest BCUT2D eigenvalue weighted by molar-refractivity contribution is 5.38. The number of benzene rings is 1. The topological polar surface area (TPSA) is 41.5 Å². The van der Waals surface area contributed by atoms with Crippen LogP contribution in [0.2, 0.25) is 0 Å². The van der Waals surface area contributed by atoms with Gasteiger partial charge >= 0.3 is 0 Å². The first kappa shape index (κ1) is 16.0. The van der Waals surface area contributed by atoms with Crippen molar-refractivity contribution < 1.29 is 9.84 Å². The maximum Gasteiger partial charge on any atom is 0.123 e. The van der Waals surface area contributed by atoms with E-state index in [9.17, 15) is 5.11 Å². The van der Waals surface area contributed by atoms with E-state index in [0.29, 0.717) is 0 Å². The molecule has 0 saturated heterocycles. The van der Waals surface area contributed by atoms with Crippen molar-refractivity contribution in [3.8, 4) is 5.75 Å². The highest BCUT2D eigenvalue weighted by atomic mass is 16.5. The van der Waals surface area contributed by atoms with E-state index in [1.807, 2.05) is 6.07 Å². The Bertz CT molecular complexity index is 400. The number of aryl methyl sites for hydroxylation is 1. The van der Waals surface area contributed by atoms with E-state index in [-0.39, 0.29) is 18.1 Å². The van der Waals surface area contributed by atoms with Crippen LogP contribution in [-0.2, 0) is 0 Å². The molecular weight excluding hydrogens is 238 g/mol. The minimum absolute atomic E-state index is 0.0642. The van der Waals surface area contributed by atoms with Crippen LogP contribution in [0.4, 0.5) is 0 Å². The van der Waals surface area contributed by atoms with E-state index in [2.05, 4.69) is 45.1 Å². The Hall–Kier alpha value is -1.06. The lowest BCUT2D eigenvalue weighted by Crippen LogP contribution is -2.35. The molecule has 0 amide bonds. The molecule has 0 saturated carbocycles. The van der Waals surface area contributed by atoms with Gasteiger partial charge in [0.15, 0.2) is 0 Å². The van der Waals surface area contributed by atoms with Gasteiger partial charge in [0, 0.05) is 30.2 Å². The van der Waals surface area contributed by atoms with Gasteiger partial charge in [-0.05, 0) is 26.3 Å². The summed E-state index contributed by atoms with van der Waals surface area (Å²) in [4.78, 5) is 0. The van der Waals surface area contributed by atoms with Gasteiger partial charge < -0.3 is 15.2 Å². The lowest BCUT2D eigenvalue weighted by atomic mass is 9.88.